The maximum absolute atomic E-state index is 12.4. The van der Waals surface area contributed by atoms with E-state index >= 15 is 0 Å². The summed E-state index contributed by atoms with van der Waals surface area (Å²) in [6.07, 6.45) is 0. The maximum Gasteiger partial charge on any atom is 0.266 e. The summed E-state index contributed by atoms with van der Waals surface area (Å²) in [7, 11) is 0. The molecule has 3 aromatic rings. The first-order chi connectivity index (χ1) is 10.2. The summed E-state index contributed by atoms with van der Waals surface area (Å²) >= 11 is 7.36. The van der Waals surface area contributed by atoms with Crippen LogP contribution in [0.2, 0.25) is 5.02 Å². The number of halogens is 1. The third kappa shape index (κ3) is 3.15. The molecule has 0 saturated carbocycles. The first kappa shape index (κ1) is 13.9. The Morgan fingerprint density at radius 2 is 1.81 bits per heavy atom. The van der Waals surface area contributed by atoms with Gasteiger partial charge < -0.3 is 5.32 Å². The van der Waals surface area contributed by atoms with Crippen molar-refractivity contribution in [3.63, 3.8) is 0 Å². The Morgan fingerprint density at radius 1 is 1.00 bits per heavy atom. The Kier molecular flexibility index (Phi) is 4.04. The number of anilines is 1. The minimum Gasteiger partial charge on any atom is -0.321 e. The van der Waals surface area contributed by atoms with E-state index in [9.17, 15) is 4.79 Å². The summed E-state index contributed by atoms with van der Waals surface area (Å²) < 4.78 is 0. The lowest BCUT2D eigenvalue weighted by Crippen LogP contribution is -2.11. The van der Waals surface area contributed by atoms with Crippen molar-refractivity contribution in [2.45, 2.75) is 0 Å². The van der Waals surface area contributed by atoms with Gasteiger partial charge in [0, 0.05) is 16.3 Å². The van der Waals surface area contributed by atoms with Crippen LogP contribution in [0.5, 0.6) is 0 Å². The van der Waals surface area contributed by atoms with Crippen molar-refractivity contribution in [1.29, 1.82) is 0 Å². The van der Waals surface area contributed by atoms with Gasteiger partial charge in [-0.05, 0) is 35.2 Å². The molecule has 1 aromatic heterocycles. The molecule has 2 nitrogen and oxygen atoms in total. The highest BCUT2D eigenvalue weighted by molar-refractivity contribution is 7.12. The first-order valence-corrected chi connectivity index (χ1v) is 7.69. The van der Waals surface area contributed by atoms with E-state index < -0.39 is 0 Å². The highest BCUT2D eigenvalue weighted by Crippen LogP contribution is 2.29. The predicted octanol–water partition coefficient (Wildman–Crippen LogP) is 5.32. The normalized spacial score (nSPS) is 10.3. The van der Waals surface area contributed by atoms with Gasteiger partial charge in [-0.2, -0.15) is 0 Å². The average Bonchev–Trinajstić information content (AvgIpc) is 2.98. The Morgan fingerprint density at radius 3 is 2.57 bits per heavy atom. The fourth-order valence-corrected chi connectivity index (χ4v) is 3.09. The Balaban J connectivity index is 1.88. The summed E-state index contributed by atoms with van der Waals surface area (Å²) in [4.78, 5) is 13.1. The lowest BCUT2D eigenvalue weighted by atomic mass is 10.1. The largest absolute Gasteiger partial charge is 0.321 e. The van der Waals surface area contributed by atoms with Gasteiger partial charge in [0.15, 0.2) is 0 Å². The van der Waals surface area contributed by atoms with Gasteiger partial charge in [0.2, 0.25) is 0 Å². The fourth-order valence-electron chi connectivity index (χ4n) is 2.08. The van der Waals surface area contributed by atoms with E-state index in [1.54, 1.807) is 12.1 Å². The third-order valence-electron chi connectivity index (χ3n) is 3.04. The van der Waals surface area contributed by atoms with Crippen LogP contribution in [0.25, 0.3) is 11.1 Å². The topological polar surface area (TPSA) is 29.1 Å². The molecule has 0 unspecified atom stereocenters. The summed E-state index contributed by atoms with van der Waals surface area (Å²) in [6, 6.07) is 19.0. The van der Waals surface area contributed by atoms with Gasteiger partial charge >= 0.3 is 0 Å². The molecular weight excluding hydrogens is 302 g/mol. The average molecular weight is 314 g/mol. The van der Waals surface area contributed by atoms with Crippen LogP contribution in [0.3, 0.4) is 0 Å². The number of thiophene rings is 1. The zero-order chi connectivity index (χ0) is 14.7. The highest BCUT2D eigenvalue weighted by atomic mass is 35.5. The molecule has 0 radical (unpaired) electrons. The molecule has 0 spiro atoms. The van der Waals surface area contributed by atoms with Crippen LogP contribution in [0.1, 0.15) is 9.67 Å². The van der Waals surface area contributed by atoms with Crippen molar-refractivity contribution in [2.75, 3.05) is 5.32 Å². The summed E-state index contributed by atoms with van der Waals surface area (Å²) in [5.74, 6) is -0.119. The molecule has 3 rings (SSSR count). The highest BCUT2D eigenvalue weighted by Gasteiger charge is 2.14. The molecule has 1 amide bonds. The minimum absolute atomic E-state index is 0.119. The number of amides is 1. The Labute approximate surface area is 132 Å². The van der Waals surface area contributed by atoms with Crippen LogP contribution < -0.4 is 5.32 Å². The molecule has 0 fully saturated rings. The van der Waals surface area contributed by atoms with Crippen LogP contribution >= 0.6 is 22.9 Å². The monoisotopic (exact) mass is 313 g/mol. The molecule has 21 heavy (non-hydrogen) atoms. The molecule has 2 aromatic carbocycles. The zero-order valence-electron chi connectivity index (χ0n) is 11.0. The first-order valence-electron chi connectivity index (χ1n) is 6.44. The Bertz CT molecular complexity index is 767. The lowest BCUT2D eigenvalue weighted by molar-refractivity contribution is 0.103. The number of carbonyl (C=O) groups excluding carboxylic acids is 1. The van der Waals surface area contributed by atoms with Crippen molar-refractivity contribution >= 4 is 34.5 Å². The molecule has 0 aliphatic carbocycles. The van der Waals surface area contributed by atoms with E-state index in [4.69, 9.17) is 11.6 Å². The maximum atomic E-state index is 12.4. The van der Waals surface area contributed by atoms with Crippen molar-refractivity contribution < 1.29 is 4.79 Å². The molecule has 0 saturated heterocycles. The van der Waals surface area contributed by atoms with Crippen LogP contribution in [-0.2, 0) is 0 Å². The zero-order valence-corrected chi connectivity index (χ0v) is 12.6. The molecular formula is C17H12ClNOS. The van der Waals surface area contributed by atoms with Gasteiger partial charge in [-0.3, -0.25) is 4.79 Å². The summed E-state index contributed by atoms with van der Waals surface area (Å²) in [5.41, 5.74) is 2.68. The number of nitrogens with one attached hydrogen (secondary N) is 1. The van der Waals surface area contributed by atoms with E-state index in [0.717, 1.165) is 11.1 Å². The molecule has 1 N–H and O–H groups in total. The number of benzene rings is 2. The number of hydrogen-bond donors (Lipinski definition) is 1. The second-order valence-corrected chi connectivity index (χ2v) is 5.85. The van der Waals surface area contributed by atoms with Crippen LogP contribution in [0.15, 0.2) is 66.0 Å². The van der Waals surface area contributed by atoms with Gasteiger partial charge in [-0.1, -0.05) is 48.0 Å². The van der Waals surface area contributed by atoms with Gasteiger partial charge in [-0.25, -0.2) is 0 Å². The van der Waals surface area contributed by atoms with Gasteiger partial charge in [-0.15, -0.1) is 11.3 Å². The molecule has 104 valence electrons. The quantitative estimate of drug-likeness (QED) is 0.696. The second-order valence-electron chi connectivity index (χ2n) is 4.49. The van der Waals surface area contributed by atoms with E-state index in [2.05, 4.69) is 5.32 Å². The number of rotatable bonds is 3. The van der Waals surface area contributed by atoms with Crippen LogP contribution in [0.4, 0.5) is 5.69 Å². The number of carbonyl (C=O) groups is 1. The molecule has 1 heterocycles. The smallest absolute Gasteiger partial charge is 0.266 e. The standard InChI is InChI=1S/C17H12ClNOS/c18-13-7-4-8-14(11-13)19-17(20)16-15(9-10-21-16)12-5-2-1-3-6-12/h1-11H,(H,19,20). The molecule has 0 aliphatic heterocycles. The summed E-state index contributed by atoms with van der Waals surface area (Å²) in [6.45, 7) is 0. The van der Waals surface area contributed by atoms with Gasteiger partial charge in [0.25, 0.3) is 5.91 Å². The van der Waals surface area contributed by atoms with Gasteiger partial charge in [0.05, 0.1) is 4.88 Å². The van der Waals surface area contributed by atoms with E-state index in [0.29, 0.717) is 15.6 Å². The van der Waals surface area contributed by atoms with Crippen LogP contribution in [0, 0.1) is 0 Å². The third-order valence-corrected chi connectivity index (χ3v) is 4.19. The molecule has 0 aliphatic rings. The minimum atomic E-state index is -0.119. The van der Waals surface area contributed by atoms with Crippen molar-refractivity contribution in [1.82, 2.24) is 0 Å². The fraction of sp³-hybridized carbons (Fsp3) is 0. The lowest BCUT2D eigenvalue weighted by Gasteiger charge is -2.06. The van der Waals surface area contributed by atoms with Crippen molar-refractivity contribution in [3.05, 3.63) is 75.9 Å². The number of hydrogen-bond acceptors (Lipinski definition) is 2. The molecule has 4 heteroatoms. The van der Waals surface area contributed by atoms with Crippen LogP contribution in [-0.4, -0.2) is 5.91 Å². The van der Waals surface area contributed by atoms with Crippen molar-refractivity contribution in [3.8, 4) is 11.1 Å². The SMILES string of the molecule is O=C(Nc1cccc(Cl)c1)c1sccc1-c1ccccc1. The van der Waals surface area contributed by atoms with E-state index in [1.165, 1.54) is 11.3 Å². The van der Waals surface area contributed by atoms with E-state index in [1.807, 2.05) is 53.9 Å². The van der Waals surface area contributed by atoms with E-state index in [-0.39, 0.29) is 5.91 Å². The second kappa shape index (κ2) is 6.12. The van der Waals surface area contributed by atoms with Crippen molar-refractivity contribution in [2.24, 2.45) is 0 Å². The van der Waals surface area contributed by atoms with Gasteiger partial charge in [0.1, 0.15) is 0 Å². The summed E-state index contributed by atoms with van der Waals surface area (Å²) in [5, 5.41) is 5.41. The Hall–Kier alpha value is -2.10. The molecule has 0 atom stereocenters. The molecule has 0 bridgehead atoms. The predicted molar refractivity (Wildman–Crippen MR) is 89.2 cm³/mol.